The van der Waals surface area contributed by atoms with Crippen LogP contribution in [-0.2, 0) is 14.8 Å². The fraction of sp³-hybridized carbons (Fsp3) is 0.538. The normalized spacial score (nSPS) is 13.4. The predicted octanol–water partition coefficient (Wildman–Crippen LogP) is 1.23. The number of methoxy groups -OCH3 is 2. The van der Waals surface area contributed by atoms with Gasteiger partial charge in [0.1, 0.15) is 10.6 Å². The number of hydrogen-bond acceptors (Lipinski definition) is 5. The molecule has 6 nitrogen and oxygen atoms in total. The van der Waals surface area contributed by atoms with Crippen LogP contribution in [0.25, 0.3) is 0 Å². The highest BCUT2D eigenvalue weighted by Crippen LogP contribution is 2.26. The molecule has 0 bridgehead atoms. The van der Waals surface area contributed by atoms with Crippen LogP contribution >= 0.6 is 0 Å². The number of hydrogen-bond donors (Lipinski definition) is 2. The molecule has 0 aromatic heterocycles. The van der Waals surface area contributed by atoms with Gasteiger partial charge in [-0.15, -0.1) is 0 Å². The molecule has 0 spiro atoms. The smallest absolute Gasteiger partial charge is 0.244 e. The number of sulfonamides is 1. The van der Waals surface area contributed by atoms with Gasteiger partial charge in [-0.05, 0) is 18.1 Å². The highest BCUT2D eigenvalue weighted by atomic mass is 32.2. The topological polar surface area (TPSA) is 90.7 Å². The van der Waals surface area contributed by atoms with E-state index in [2.05, 4.69) is 4.72 Å². The van der Waals surface area contributed by atoms with Gasteiger partial charge in [0.2, 0.25) is 10.0 Å². The van der Waals surface area contributed by atoms with Crippen molar-refractivity contribution in [1.82, 2.24) is 4.72 Å². The molecule has 1 rings (SSSR count). The average molecular weight is 302 g/mol. The van der Waals surface area contributed by atoms with Crippen LogP contribution in [0.4, 0.5) is 5.69 Å². The van der Waals surface area contributed by atoms with Crippen molar-refractivity contribution >= 4 is 15.7 Å². The van der Waals surface area contributed by atoms with Gasteiger partial charge in [-0.3, -0.25) is 0 Å². The molecule has 0 amide bonds. The zero-order chi connectivity index (χ0) is 15.3. The predicted molar refractivity (Wildman–Crippen MR) is 78.2 cm³/mol. The van der Waals surface area contributed by atoms with E-state index >= 15 is 0 Å². The Hall–Kier alpha value is -1.31. The number of rotatable bonds is 7. The molecule has 0 aliphatic rings. The Balaban J connectivity index is 3.10. The number of ether oxygens (including phenoxy) is 2. The Morgan fingerprint density at radius 3 is 2.45 bits per heavy atom. The van der Waals surface area contributed by atoms with E-state index in [4.69, 9.17) is 15.2 Å². The van der Waals surface area contributed by atoms with E-state index in [-0.39, 0.29) is 22.6 Å². The maximum atomic E-state index is 12.4. The molecular formula is C13H22N2O4S. The van der Waals surface area contributed by atoms with Crippen LogP contribution in [0.5, 0.6) is 5.75 Å². The standard InChI is InChI=1S/C13H22N2O4S/c1-9(2)11(8-18-3)15-20(16,17)13-6-5-10(14)7-12(13)19-4/h5-7,9,11,15H,8,14H2,1-4H3. The van der Waals surface area contributed by atoms with E-state index in [1.165, 1.54) is 32.4 Å². The number of nitrogen functional groups attached to an aromatic ring is 1. The second kappa shape index (κ2) is 6.92. The van der Waals surface area contributed by atoms with Gasteiger partial charge in [-0.2, -0.15) is 0 Å². The van der Waals surface area contributed by atoms with Crippen molar-refractivity contribution < 1.29 is 17.9 Å². The summed E-state index contributed by atoms with van der Waals surface area (Å²) in [6, 6.07) is 4.13. The maximum absolute atomic E-state index is 12.4. The number of nitrogens with one attached hydrogen (secondary N) is 1. The van der Waals surface area contributed by atoms with Gasteiger partial charge in [0.15, 0.2) is 0 Å². The lowest BCUT2D eigenvalue weighted by atomic mass is 10.1. The first kappa shape index (κ1) is 16.7. The van der Waals surface area contributed by atoms with E-state index in [0.29, 0.717) is 12.3 Å². The van der Waals surface area contributed by atoms with Crippen LogP contribution < -0.4 is 15.2 Å². The molecule has 0 heterocycles. The van der Waals surface area contributed by atoms with Gasteiger partial charge < -0.3 is 15.2 Å². The van der Waals surface area contributed by atoms with Crippen molar-refractivity contribution in [2.75, 3.05) is 26.6 Å². The molecule has 7 heteroatoms. The van der Waals surface area contributed by atoms with Gasteiger partial charge in [-0.25, -0.2) is 13.1 Å². The number of anilines is 1. The molecule has 20 heavy (non-hydrogen) atoms. The lowest BCUT2D eigenvalue weighted by Crippen LogP contribution is -2.41. The minimum absolute atomic E-state index is 0.0657. The summed E-state index contributed by atoms with van der Waals surface area (Å²) < 4.78 is 37.6. The Morgan fingerprint density at radius 1 is 1.30 bits per heavy atom. The van der Waals surface area contributed by atoms with Crippen molar-refractivity contribution in [2.45, 2.75) is 24.8 Å². The maximum Gasteiger partial charge on any atom is 0.244 e. The lowest BCUT2D eigenvalue weighted by molar-refractivity contribution is 0.157. The largest absolute Gasteiger partial charge is 0.495 e. The first-order chi connectivity index (χ1) is 9.31. The summed E-state index contributed by atoms with van der Waals surface area (Å²) in [6.45, 7) is 4.15. The minimum Gasteiger partial charge on any atom is -0.495 e. The average Bonchev–Trinajstić information content (AvgIpc) is 2.37. The highest BCUT2D eigenvalue weighted by Gasteiger charge is 2.25. The quantitative estimate of drug-likeness (QED) is 0.739. The molecule has 0 radical (unpaired) electrons. The fourth-order valence-electron chi connectivity index (χ4n) is 1.71. The van der Waals surface area contributed by atoms with Gasteiger partial charge in [0.25, 0.3) is 0 Å². The van der Waals surface area contributed by atoms with Crippen molar-refractivity contribution in [1.29, 1.82) is 0 Å². The molecule has 114 valence electrons. The number of benzene rings is 1. The van der Waals surface area contributed by atoms with Gasteiger partial charge >= 0.3 is 0 Å². The van der Waals surface area contributed by atoms with Gasteiger partial charge in [0.05, 0.1) is 13.7 Å². The van der Waals surface area contributed by atoms with E-state index in [9.17, 15) is 8.42 Å². The summed E-state index contributed by atoms with van der Waals surface area (Å²) in [6.07, 6.45) is 0. The molecule has 0 saturated carbocycles. The molecule has 1 aromatic rings. The Kier molecular flexibility index (Phi) is 5.79. The monoisotopic (exact) mass is 302 g/mol. The lowest BCUT2D eigenvalue weighted by Gasteiger charge is -2.22. The molecule has 0 aliphatic heterocycles. The van der Waals surface area contributed by atoms with Crippen molar-refractivity contribution in [3.8, 4) is 5.75 Å². The Morgan fingerprint density at radius 2 is 1.95 bits per heavy atom. The van der Waals surface area contributed by atoms with E-state index in [0.717, 1.165) is 0 Å². The molecule has 3 N–H and O–H groups in total. The highest BCUT2D eigenvalue weighted by molar-refractivity contribution is 7.89. The van der Waals surface area contributed by atoms with Crippen molar-refractivity contribution in [3.05, 3.63) is 18.2 Å². The van der Waals surface area contributed by atoms with E-state index in [1.807, 2.05) is 13.8 Å². The molecule has 0 aliphatic carbocycles. The Bertz CT molecular complexity index is 543. The summed E-state index contributed by atoms with van der Waals surface area (Å²) >= 11 is 0. The summed E-state index contributed by atoms with van der Waals surface area (Å²) in [5.74, 6) is 0.321. The fourth-order valence-corrected chi connectivity index (χ4v) is 3.23. The third kappa shape index (κ3) is 4.09. The second-order valence-corrected chi connectivity index (χ2v) is 6.52. The second-order valence-electron chi connectivity index (χ2n) is 4.84. The zero-order valence-electron chi connectivity index (χ0n) is 12.2. The van der Waals surface area contributed by atoms with Gasteiger partial charge in [0, 0.05) is 24.9 Å². The van der Waals surface area contributed by atoms with Crippen LogP contribution in [0.2, 0.25) is 0 Å². The minimum atomic E-state index is -3.70. The van der Waals surface area contributed by atoms with Crippen molar-refractivity contribution in [3.63, 3.8) is 0 Å². The van der Waals surface area contributed by atoms with Crippen LogP contribution in [0.1, 0.15) is 13.8 Å². The summed E-state index contributed by atoms with van der Waals surface area (Å²) in [5, 5.41) is 0. The van der Waals surface area contributed by atoms with Crippen LogP contribution in [0.15, 0.2) is 23.1 Å². The third-order valence-electron chi connectivity index (χ3n) is 2.93. The zero-order valence-corrected chi connectivity index (χ0v) is 13.0. The molecule has 0 saturated heterocycles. The summed E-state index contributed by atoms with van der Waals surface area (Å²) in [5.41, 5.74) is 6.07. The van der Waals surface area contributed by atoms with Crippen LogP contribution in [0.3, 0.4) is 0 Å². The molecular weight excluding hydrogens is 280 g/mol. The molecule has 1 atom stereocenters. The summed E-state index contributed by atoms with van der Waals surface area (Å²) in [4.78, 5) is 0.0657. The van der Waals surface area contributed by atoms with Crippen molar-refractivity contribution in [2.24, 2.45) is 5.92 Å². The molecule has 1 aromatic carbocycles. The molecule has 0 fully saturated rings. The van der Waals surface area contributed by atoms with E-state index in [1.54, 1.807) is 0 Å². The SMILES string of the molecule is COCC(NS(=O)(=O)c1ccc(N)cc1OC)C(C)C. The van der Waals surface area contributed by atoms with Gasteiger partial charge in [-0.1, -0.05) is 13.8 Å². The van der Waals surface area contributed by atoms with Crippen LogP contribution in [-0.4, -0.2) is 35.3 Å². The first-order valence-corrected chi connectivity index (χ1v) is 7.75. The Labute approximate surface area is 120 Å². The number of nitrogens with two attached hydrogens (primary N) is 1. The first-order valence-electron chi connectivity index (χ1n) is 6.26. The molecule has 1 unspecified atom stereocenters. The summed E-state index contributed by atoms with van der Waals surface area (Å²) in [7, 11) is -0.756. The third-order valence-corrected chi connectivity index (χ3v) is 4.46. The van der Waals surface area contributed by atoms with Crippen LogP contribution in [0, 0.1) is 5.92 Å². The van der Waals surface area contributed by atoms with E-state index < -0.39 is 10.0 Å².